The van der Waals surface area contributed by atoms with Crippen LogP contribution in [0.4, 0.5) is 5.69 Å². The topological polar surface area (TPSA) is 46.8 Å². The average molecular weight is 369 g/mol. The van der Waals surface area contributed by atoms with Crippen molar-refractivity contribution in [3.8, 4) is 0 Å². The lowest BCUT2D eigenvalue weighted by Crippen LogP contribution is -2.33. The van der Waals surface area contributed by atoms with Crippen LogP contribution >= 0.6 is 0 Å². The van der Waals surface area contributed by atoms with Crippen LogP contribution in [0.15, 0.2) is 73.4 Å². The fourth-order valence-corrected chi connectivity index (χ4v) is 4.24. The van der Waals surface area contributed by atoms with Gasteiger partial charge in [-0.3, -0.25) is 9.97 Å². The van der Waals surface area contributed by atoms with Gasteiger partial charge < -0.3 is 9.47 Å². The molecule has 140 valence electrons. The summed E-state index contributed by atoms with van der Waals surface area (Å²) in [7, 11) is 0. The Morgan fingerprint density at radius 1 is 0.893 bits per heavy atom. The molecule has 5 nitrogen and oxygen atoms in total. The highest BCUT2D eigenvalue weighted by Crippen LogP contribution is 2.32. The van der Waals surface area contributed by atoms with Crippen molar-refractivity contribution in [1.82, 2.24) is 19.5 Å². The summed E-state index contributed by atoms with van der Waals surface area (Å²) in [6, 6.07) is 14.7. The van der Waals surface area contributed by atoms with Gasteiger partial charge in [0, 0.05) is 61.1 Å². The van der Waals surface area contributed by atoms with Crippen molar-refractivity contribution in [3.63, 3.8) is 0 Å². The Morgan fingerprint density at radius 3 is 2.64 bits per heavy atom. The van der Waals surface area contributed by atoms with Gasteiger partial charge in [0.25, 0.3) is 0 Å². The summed E-state index contributed by atoms with van der Waals surface area (Å²) in [6.45, 7) is 2.91. The Kier molecular flexibility index (Phi) is 4.49. The number of rotatable bonds is 4. The van der Waals surface area contributed by atoms with E-state index in [1.165, 1.54) is 22.5 Å². The number of benzene rings is 1. The lowest BCUT2D eigenvalue weighted by molar-refractivity contribution is 0.471. The predicted octanol–water partition coefficient (Wildman–Crippen LogP) is 4.26. The second kappa shape index (κ2) is 7.43. The molecule has 4 heterocycles. The molecule has 1 aliphatic rings. The maximum absolute atomic E-state index is 4.70. The second-order valence-electron chi connectivity index (χ2n) is 7.38. The maximum atomic E-state index is 4.70. The Morgan fingerprint density at radius 2 is 1.79 bits per heavy atom. The normalized spacial score (nSPS) is 15.2. The summed E-state index contributed by atoms with van der Waals surface area (Å²) >= 11 is 0. The number of hydrogen-bond acceptors (Lipinski definition) is 4. The van der Waals surface area contributed by atoms with Gasteiger partial charge >= 0.3 is 0 Å². The van der Waals surface area contributed by atoms with Crippen LogP contribution in [0.1, 0.15) is 30.1 Å². The molecular formula is C23H23N5. The van der Waals surface area contributed by atoms with Crippen LogP contribution in [-0.2, 0) is 6.54 Å². The predicted molar refractivity (Wildman–Crippen MR) is 111 cm³/mol. The average Bonchev–Trinajstić information content (AvgIpc) is 3.22. The lowest BCUT2D eigenvalue weighted by atomic mass is 9.95. The number of anilines is 1. The largest absolute Gasteiger partial charge is 0.371 e. The molecular weight excluding hydrogens is 346 g/mol. The number of aromatic nitrogens is 4. The van der Waals surface area contributed by atoms with Crippen molar-refractivity contribution in [2.75, 3.05) is 18.0 Å². The van der Waals surface area contributed by atoms with Crippen LogP contribution in [-0.4, -0.2) is 32.6 Å². The van der Waals surface area contributed by atoms with Gasteiger partial charge in [0.1, 0.15) is 5.82 Å². The monoisotopic (exact) mass is 369 g/mol. The zero-order valence-corrected chi connectivity index (χ0v) is 15.8. The van der Waals surface area contributed by atoms with Gasteiger partial charge in [0.15, 0.2) is 0 Å². The van der Waals surface area contributed by atoms with Crippen LogP contribution in [0.25, 0.3) is 10.9 Å². The molecule has 28 heavy (non-hydrogen) atoms. The number of hydrogen-bond donors (Lipinski definition) is 0. The Labute approximate surface area is 164 Å². The molecule has 1 saturated heterocycles. The summed E-state index contributed by atoms with van der Waals surface area (Å²) in [4.78, 5) is 15.9. The quantitative estimate of drug-likeness (QED) is 0.539. The van der Waals surface area contributed by atoms with Crippen LogP contribution in [0.3, 0.4) is 0 Å². The first kappa shape index (κ1) is 16.9. The van der Waals surface area contributed by atoms with Crippen molar-refractivity contribution in [2.45, 2.75) is 25.3 Å². The molecule has 5 rings (SSSR count). The molecule has 3 aromatic heterocycles. The van der Waals surface area contributed by atoms with E-state index in [1.54, 1.807) is 0 Å². The van der Waals surface area contributed by atoms with Gasteiger partial charge in [-0.05, 0) is 36.6 Å². The molecule has 0 bridgehead atoms. The van der Waals surface area contributed by atoms with E-state index >= 15 is 0 Å². The lowest BCUT2D eigenvalue weighted by Gasteiger charge is -2.34. The van der Waals surface area contributed by atoms with Gasteiger partial charge in [-0.25, -0.2) is 4.98 Å². The third-order valence-corrected chi connectivity index (χ3v) is 5.65. The molecule has 4 aromatic rings. The standard InChI is InChI=1S/C23H23N5/c1-2-6-21-20(5-1)22(7-11-25-21)27-13-8-19(9-14-27)23-26-12-15-28(23)17-18-4-3-10-24-16-18/h1-7,10-12,15-16,19H,8-9,13-14,17H2. The maximum Gasteiger partial charge on any atom is 0.112 e. The molecule has 0 saturated carbocycles. The minimum absolute atomic E-state index is 0.496. The Balaban J connectivity index is 1.32. The van der Waals surface area contributed by atoms with Gasteiger partial charge in [-0.1, -0.05) is 24.3 Å². The zero-order valence-electron chi connectivity index (χ0n) is 15.8. The number of para-hydroxylation sites is 1. The molecule has 1 fully saturated rings. The van der Waals surface area contributed by atoms with E-state index in [9.17, 15) is 0 Å². The summed E-state index contributed by atoms with van der Waals surface area (Å²) < 4.78 is 2.28. The summed E-state index contributed by atoms with van der Waals surface area (Å²) in [5.74, 6) is 1.69. The summed E-state index contributed by atoms with van der Waals surface area (Å²) in [5.41, 5.74) is 3.57. The molecule has 0 atom stereocenters. The summed E-state index contributed by atoms with van der Waals surface area (Å²) in [5, 5.41) is 1.24. The molecule has 0 unspecified atom stereocenters. The van der Waals surface area contributed by atoms with E-state index in [1.807, 2.05) is 36.9 Å². The molecule has 1 aliphatic heterocycles. The first-order chi connectivity index (χ1) is 13.9. The van der Waals surface area contributed by atoms with E-state index < -0.39 is 0 Å². The van der Waals surface area contributed by atoms with Gasteiger partial charge in [-0.15, -0.1) is 0 Å². The van der Waals surface area contributed by atoms with Gasteiger partial charge in [-0.2, -0.15) is 0 Å². The summed E-state index contributed by atoms with van der Waals surface area (Å²) in [6.07, 6.45) is 11.9. The fourth-order valence-electron chi connectivity index (χ4n) is 4.24. The number of piperidine rings is 1. The van der Waals surface area contributed by atoms with Crippen LogP contribution in [0, 0.1) is 0 Å². The number of nitrogens with zero attached hydrogens (tertiary/aromatic N) is 5. The number of fused-ring (bicyclic) bond motifs is 1. The highest BCUT2D eigenvalue weighted by atomic mass is 15.1. The van der Waals surface area contributed by atoms with Crippen LogP contribution in [0.2, 0.25) is 0 Å². The van der Waals surface area contributed by atoms with E-state index in [2.05, 4.69) is 56.0 Å². The molecule has 0 aliphatic carbocycles. The molecule has 0 N–H and O–H groups in total. The fraction of sp³-hybridized carbons (Fsp3) is 0.261. The van der Waals surface area contributed by atoms with Crippen molar-refractivity contribution < 1.29 is 0 Å². The van der Waals surface area contributed by atoms with Crippen LogP contribution < -0.4 is 4.90 Å². The third kappa shape index (κ3) is 3.24. The molecule has 0 spiro atoms. The zero-order chi connectivity index (χ0) is 18.8. The minimum atomic E-state index is 0.496. The van der Waals surface area contributed by atoms with Gasteiger partial charge in [0.2, 0.25) is 0 Å². The molecule has 1 aromatic carbocycles. The minimum Gasteiger partial charge on any atom is -0.371 e. The van der Waals surface area contributed by atoms with E-state index in [0.29, 0.717) is 5.92 Å². The first-order valence-electron chi connectivity index (χ1n) is 9.87. The highest BCUT2D eigenvalue weighted by molar-refractivity contribution is 5.91. The SMILES string of the molecule is c1cncc(Cn2ccnc2C2CCN(c3ccnc4ccccc34)CC2)c1. The third-order valence-electron chi connectivity index (χ3n) is 5.65. The van der Waals surface area contributed by atoms with Gasteiger partial charge in [0.05, 0.1) is 12.1 Å². The molecule has 0 amide bonds. The van der Waals surface area contributed by atoms with Crippen molar-refractivity contribution in [3.05, 3.63) is 84.8 Å². The second-order valence-corrected chi connectivity index (χ2v) is 7.38. The van der Waals surface area contributed by atoms with E-state index in [-0.39, 0.29) is 0 Å². The van der Waals surface area contributed by atoms with Crippen molar-refractivity contribution >= 4 is 16.6 Å². The van der Waals surface area contributed by atoms with Crippen LogP contribution in [0.5, 0.6) is 0 Å². The Bertz CT molecular complexity index is 1060. The van der Waals surface area contributed by atoms with Crippen molar-refractivity contribution in [1.29, 1.82) is 0 Å². The smallest absolute Gasteiger partial charge is 0.112 e. The van der Waals surface area contributed by atoms with E-state index in [0.717, 1.165) is 38.0 Å². The molecule has 0 radical (unpaired) electrons. The first-order valence-corrected chi connectivity index (χ1v) is 9.87. The highest BCUT2D eigenvalue weighted by Gasteiger charge is 2.25. The Hall–Kier alpha value is -3.21. The van der Waals surface area contributed by atoms with E-state index in [4.69, 9.17) is 4.98 Å². The number of pyridine rings is 2. The number of imidazole rings is 1. The van der Waals surface area contributed by atoms with Crippen molar-refractivity contribution in [2.24, 2.45) is 0 Å². The molecule has 5 heteroatoms.